The van der Waals surface area contributed by atoms with Crippen LogP contribution >= 0.6 is 0 Å². The Morgan fingerprint density at radius 3 is 2.75 bits per heavy atom. The van der Waals surface area contributed by atoms with E-state index in [1.54, 1.807) is 19.4 Å². The van der Waals surface area contributed by atoms with Crippen LogP contribution in [0, 0.1) is 6.92 Å². The molecule has 0 saturated carbocycles. The van der Waals surface area contributed by atoms with Crippen LogP contribution < -0.4 is 14.8 Å². The first-order chi connectivity index (χ1) is 11.5. The van der Waals surface area contributed by atoms with Gasteiger partial charge in [-0.2, -0.15) is 0 Å². The third-order valence-corrected chi connectivity index (χ3v) is 3.74. The van der Waals surface area contributed by atoms with Crippen LogP contribution in [0.2, 0.25) is 0 Å². The molecule has 24 heavy (non-hydrogen) atoms. The summed E-state index contributed by atoms with van der Waals surface area (Å²) in [5.74, 6) is 1.53. The summed E-state index contributed by atoms with van der Waals surface area (Å²) in [5, 5.41) is 2.83. The summed E-state index contributed by atoms with van der Waals surface area (Å²) in [6, 6.07) is 9.73. The molecule has 2 aromatic rings. The molecule has 0 aliphatic carbocycles. The monoisotopic (exact) mass is 328 g/mol. The van der Waals surface area contributed by atoms with Crippen molar-refractivity contribution in [3.05, 3.63) is 53.2 Å². The SMILES string of the molecule is COc1cc(CNC(=O)COc2cc(C(C)C)ccc2C)ccn1. The molecule has 128 valence electrons. The molecule has 0 saturated heterocycles. The van der Waals surface area contributed by atoms with Gasteiger partial charge in [0.25, 0.3) is 5.91 Å². The van der Waals surface area contributed by atoms with Gasteiger partial charge in [0, 0.05) is 18.8 Å². The predicted molar refractivity (Wildman–Crippen MR) is 93.4 cm³/mol. The fraction of sp³-hybridized carbons (Fsp3) is 0.368. The van der Waals surface area contributed by atoms with E-state index in [-0.39, 0.29) is 12.5 Å². The van der Waals surface area contributed by atoms with Crippen LogP contribution in [0.1, 0.15) is 36.5 Å². The largest absolute Gasteiger partial charge is 0.483 e. The summed E-state index contributed by atoms with van der Waals surface area (Å²) in [5.41, 5.74) is 3.14. The normalized spacial score (nSPS) is 10.5. The van der Waals surface area contributed by atoms with Crippen LogP contribution in [0.5, 0.6) is 11.6 Å². The smallest absolute Gasteiger partial charge is 0.258 e. The average Bonchev–Trinajstić information content (AvgIpc) is 2.59. The molecule has 1 aromatic carbocycles. The fourth-order valence-electron chi connectivity index (χ4n) is 2.20. The summed E-state index contributed by atoms with van der Waals surface area (Å²) >= 11 is 0. The Labute approximate surface area is 143 Å². The second-order valence-electron chi connectivity index (χ2n) is 5.95. The van der Waals surface area contributed by atoms with Gasteiger partial charge in [-0.1, -0.05) is 26.0 Å². The van der Waals surface area contributed by atoms with E-state index >= 15 is 0 Å². The molecule has 0 atom stereocenters. The molecule has 0 bridgehead atoms. The van der Waals surface area contributed by atoms with Gasteiger partial charge in [-0.05, 0) is 41.7 Å². The minimum absolute atomic E-state index is 0.00932. The van der Waals surface area contributed by atoms with Crippen molar-refractivity contribution in [2.24, 2.45) is 0 Å². The van der Waals surface area contributed by atoms with Gasteiger partial charge in [0.05, 0.1) is 7.11 Å². The highest BCUT2D eigenvalue weighted by molar-refractivity contribution is 5.77. The summed E-state index contributed by atoms with van der Waals surface area (Å²) in [7, 11) is 1.56. The van der Waals surface area contributed by atoms with Crippen molar-refractivity contribution in [1.82, 2.24) is 10.3 Å². The Bertz CT molecular complexity index is 699. The summed E-state index contributed by atoms with van der Waals surface area (Å²) < 4.78 is 10.7. The quantitative estimate of drug-likeness (QED) is 0.848. The third kappa shape index (κ3) is 4.98. The molecule has 0 aliphatic rings. The van der Waals surface area contributed by atoms with E-state index in [0.717, 1.165) is 16.9 Å². The number of rotatable bonds is 7. The number of nitrogens with zero attached hydrogens (tertiary/aromatic N) is 1. The van der Waals surface area contributed by atoms with E-state index in [0.29, 0.717) is 18.3 Å². The maximum absolute atomic E-state index is 12.0. The number of aryl methyl sites for hydroxylation is 1. The molecule has 0 fully saturated rings. The van der Waals surface area contributed by atoms with Gasteiger partial charge < -0.3 is 14.8 Å². The van der Waals surface area contributed by atoms with Crippen molar-refractivity contribution < 1.29 is 14.3 Å². The lowest BCUT2D eigenvalue weighted by atomic mass is 10.0. The van der Waals surface area contributed by atoms with Gasteiger partial charge in [-0.25, -0.2) is 4.98 Å². The highest BCUT2D eigenvalue weighted by atomic mass is 16.5. The van der Waals surface area contributed by atoms with E-state index in [9.17, 15) is 4.79 Å². The first-order valence-corrected chi connectivity index (χ1v) is 7.98. The van der Waals surface area contributed by atoms with Crippen LogP contribution in [-0.2, 0) is 11.3 Å². The van der Waals surface area contributed by atoms with E-state index < -0.39 is 0 Å². The molecular weight excluding hydrogens is 304 g/mol. The highest BCUT2D eigenvalue weighted by Gasteiger charge is 2.08. The number of aromatic nitrogens is 1. The molecule has 0 spiro atoms. The van der Waals surface area contributed by atoms with Gasteiger partial charge in [0.1, 0.15) is 5.75 Å². The standard InChI is InChI=1S/C19H24N2O3/c1-13(2)16-6-5-14(3)17(10-16)24-12-18(22)21-11-15-7-8-20-19(9-15)23-4/h5-10,13H,11-12H2,1-4H3,(H,21,22). The van der Waals surface area contributed by atoms with Crippen molar-refractivity contribution in [3.63, 3.8) is 0 Å². The number of amides is 1. The number of hydrogen-bond acceptors (Lipinski definition) is 4. The topological polar surface area (TPSA) is 60.5 Å². The Hall–Kier alpha value is -2.56. The number of carbonyl (C=O) groups excluding carboxylic acids is 1. The van der Waals surface area contributed by atoms with Gasteiger partial charge in [-0.15, -0.1) is 0 Å². The zero-order chi connectivity index (χ0) is 17.5. The van der Waals surface area contributed by atoms with Crippen LogP contribution in [0.15, 0.2) is 36.5 Å². The lowest BCUT2D eigenvalue weighted by molar-refractivity contribution is -0.123. The van der Waals surface area contributed by atoms with Crippen molar-refractivity contribution in [3.8, 4) is 11.6 Å². The first kappa shape index (κ1) is 17.8. The molecule has 0 radical (unpaired) electrons. The van der Waals surface area contributed by atoms with Gasteiger partial charge in [-0.3, -0.25) is 4.79 Å². The Morgan fingerprint density at radius 2 is 2.04 bits per heavy atom. The van der Waals surface area contributed by atoms with E-state index in [4.69, 9.17) is 9.47 Å². The highest BCUT2D eigenvalue weighted by Crippen LogP contribution is 2.24. The van der Waals surface area contributed by atoms with Gasteiger partial charge in [0.15, 0.2) is 6.61 Å². The molecule has 0 aliphatic heterocycles. The number of methoxy groups -OCH3 is 1. The van der Waals surface area contributed by atoms with Crippen LogP contribution in [0.25, 0.3) is 0 Å². The molecule has 5 nitrogen and oxygen atoms in total. The van der Waals surface area contributed by atoms with Crippen molar-refractivity contribution in [1.29, 1.82) is 0 Å². The third-order valence-electron chi connectivity index (χ3n) is 3.74. The second-order valence-corrected chi connectivity index (χ2v) is 5.95. The summed E-state index contributed by atoms with van der Waals surface area (Å²) in [4.78, 5) is 16.0. The van der Waals surface area contributed by atoms with Gasteiger partial charge in [0.2, 0.25) is 5.88 Å². The molecule has 0 unspecified atom stereocenters. The van der Waals surface area contributed by atoms with Gasteiger partial charge >= 0.3 is 0 Å². The number of ether oxygens (including phenoxy) is 2. The molecule has 1 N–H and O–H groups in total. The number of benzene rings is 1. The van der Waals surface area contributed by atoms with Crippen molar-refractivity contribution in [2.75, 3.05) is 13.7 Å². The number of hydrogen-bond donors (Lipinski definition) is 1. The molecule has 1 aromatic heterocycles. The summed E-state index contributed by atoms with van der Waals surface area (Å²) in [6.07, 6.45) is 1.65. The van der Waals surface area contributed by atoms with E-state index in [1.807, 2.05) is 25.1 Å². The average molecular weight is 328 g/mol. The lowest BCUT2D eigenvalue weighted by Gasteiger charge is -2.13. The lowest BCUT2D eigenvalue weighted by Crippen LogP contribution is -2.28. The Kier molecular flexibility index (Phi) is 6.18. The minimum atomic E-state index is -0.167. The Morgan fingerprint density at radius 1 is 1.25 bits per heavy atom. The molecule has 1 heterocycles. The summed E-state index contributed by atoms with van der Waals surface area (Å²) in [6.45, 7) is 6.63. The number of nitrogens with one attached hydrogen (secondary N) is 1. The van der Waals surface area contributed by atoms with E-state index in [2.05, 4.69) is 30.2 Å². The Balaban J connectivity index is 1.88. The van der Waals surface area contributed by atoms with E-state index in [1.165, 1.54) is 5.56 Å². The fourth-order valence-corrected chi connectivity index (χ4v) is 2.20. The minimum Gasteiger partial charge on any atom is -0.483 e. The second kappa shape index (κ2) is 8.34. The van der Waals surface area contributed by atoms with Crippen LogP contribution in [0.3, 0.4) is 0 Å². The van der Waals surface area contributed by atoms with Crippen molar-refractivity contribution in [2.45, 2.75) is 33.2 Å². The maximum Gasteiger partial charge on any atom is 0.258 e. The number of pyridine rings is 1. The zero-order valence-electron chi connectivity index (χ0n) is 14.6. The van der Waals surface area contributed by atoms with Crippen LogP contribution in [0.4, 0.5) is 0 Å². The maximum atomic E-state index is 12.0. The molecule has 1 amide bonds. The predicted octanol–water partition coefficient (Wildman–Crippen LogP) is 3.22. The molecule has 5 heteroatoms. The van der Waals surface area contributed by atoms with Crippen molar-refractivity contribution >= 4 is 5.91 Å². The zero-order valence-corrected chi connectivity index (χ0v) is 14.6. The first-order valence-electron chi connectivity index (χ1n) is 7.98. The number of carbonyl (C=O) groups is 1. The molecule has 2 rings (SSSR count). The van der Waals surface area contributed by atoms with Crippen LogP contribution in [-0.4, -0.2) is 24.6 Å². The molecular formula is C19H24N2O3.